The second-order valence-corrected chi connectivity index (χ2v) is 5.08. The van der Waals surface area contributed by atoms with Crippen molar-refractivity contribution in [2.24, 2.45) is 0 Å². The minimum absolute atomic E-state index is 0.173. The average molecular weight is 212 g/mol. The standard InChI is InChI=1S/C10H12O3S/c1-8(7-11)9-4-3-5-10(6-9)14(2,12)13/h3-6,11H,1,7H2,2H3. The Morgan fingerprint density at radius 1 is 1.50 bits per heavy atom. The van der Waals surface area contributed by atoms with Crippen molar-refractivity contribution in [1.29, 1.82) is 0 Å². The zero-order chi connectivity index (χ0) is 10.8. The molecule has 76 valence electrons. The highest BCUT2D eigenvalue weighted by Gasteiger charge is 2.07. The largest absolute Gasteiger partial charge is 0.392 e. The third-order valence-corrected chi connectivity index (χ3v) is 2.97. The lowest BCUT2D eigenvalue weighted by atomic mass is 10.1. The highest BCUT2D eigenvalue weighted by Crippen LogP contribution is 2.16. The summed E-state index contributed by atoms with van der Waals surface area (Å²) in [7, 11) is -3.19. The lowest BCUT2D eigenvalue weighted by Gasteiger charge is -2.04. The molecule has 0 saturated carbocycles. The van der Waals surface area contributed by atoms with Crippen LogP contribution in [-0.4, -0.2) is 26.4 Å². The molecule has 0 spiro atoms. The third kappa shape index (κ3) is 2.43. The zero-order valence-corrected chi connectivity index (χ0v) is 8.71. The second-order valence-electron chi connectivity index (χ2n) is 3.06. The van der Waals surface area contributed by atoms with E-state index in [-0.39, 0.29) is 11.5 Å². The summed E-state index contributed by atoms with van der Waals surface area (Å²) in [5.41, 5.74) is 1.16. The van der Waals surface area contributed by atoms with Gasteiger partial charge in [0.05, 0.1) is 11.5 Å². The van der Waals surface area contributed by atoms with E-state index in [9.17, 15) is 8.42 Å². The maximum Gasteiger partial charge on any atom is 0.175 e. The summed E-state index contributed by atoms with van der Waals surface area (Å²) in [6, 6.07) is 6.37. The molecule has 1 aromatic carbocycles. The van der Waals surface area contributed by atoms with Crippen molar-refractivity contribution in [1.82, 2.24) is 0 Å². The summed E-state index contributed by atoms with van der Waals surface area (Å²) < 4.78 is 22.4. The van der Waals surface area contributed by atoms with Gasteiger partial charge in [-0.15, -0.1) is 0 Å². The van der Waals surface area contributed by atoms with E-state index in [1.54, 1.807) is 12.1 Å². The molecular formula is C10H12O3S. The Kier molecular flexibility index (Phi) is 3.08. The minimum Gasteiger partial charge on any atom is -0.392 e. The minimum atomic E-state index is -3.19. The number of aliphatic hydroxyl groups excluding tert-OH is 1. The predicted octanol–water partition coefficient (Wildman–Crippen LogP) is 1.10. The molecule has 0 amide bonds. The number of aliphatic hydroxyl groups is 1. The maximum atomic E-state index is 11.2. The van der Waals surface area contributed by atoms with E-state index >= 15 is 0 Å². The molecule has 3 nitrogen and oxygen atoms in total. The van der Waals surface area contributed by atoms with Gasteiger partial charge in [0.15, 0.2) is 9.84 Å². The first-order valence-electron chi connectivity index (χ1n) is 4.04. The molecule has 14 heavy (non-hydrogen) atoms. The van der Waals surface area contributed by atoms with E-state index in [1.807, 2.05) is 0 Å². The van der Waals surface area contributed by atoms with Crippen LogP contribution in [0.4, 0.5) is 0 Å². The molecule has 0 aliphatic carbocycles. The third-order valence-electron chi connectivity index (χ3n) is 1.86. The van der Waals surface area contributed by atoms with Gasteiger partial charge in [-0.1, -0.05) is 18.7 Å². The molecular weight excluding hydrogens is 200 g/mol. The number of benzene rings is 1. The number of sulfone groups is 1. The molecule has 0 aliphatic heterocycles. The van der Waals surface area contributed by atoms with E-state index in [0.717, 1.165) is 6.26 Å². The number of hydrogen-bond donors (Lipinski definition) is 1. The van der Waals surface area contributed by atoms with Crippen LogP contribution in [0.25, 0.3) is 5.57 Å². The van der Waals surface area contributed by atoms with Crippen LogP contribution in [-0.2, 0) is 9.84 Å². The molecule has 0 radical (unpaired) electrons. The molecule has 0 bridgehead atoms. The van der Waals surface area contributed by atoms with Gasteiger partial charge < -0.3 is 5.11 Å². The SMILES string of the molecule is C=C(CO)c1cccc(S(C)(=O)=O)c1. The second kappa shape index (κ2) is 3.94. The Labute approximate surface area is 83.6 Å². The highest BCUT2D eigenvalue weighted by atomic mass is 32.2. The van der Waals surface area contributed by atoms with E-state index in [1.165, 1.54) is 12.1 Å². The van der Waals surface area contributed by atoms with Crippen LogP contribution in [0.2, 0.25) is 0 Å². The van der Waals surface area contributed by atoms with E-state index in [0.29, 0.717) is 11.1 Å². The zero-order valence-electron chi connectivity index (χ0n) is 7.90. The molecule has 1 rings (SSSR count). The Morgan fingerprint density at radius 2 is 2.14 bits per heavy atom. The van der Waals surface area contributed by atoms with Gasteiger partial charge in [0, 0.05) is 6.26 Å². The van der Waals surface area contributed by atoms with Crippen molar-refractivity contribution in [3.05, 3.63) is 36.4 Å². The molecule has 0 saturated heterocycles. The van der Waals surface area contributed by atoms with Gasteiger partial charge >= 0.3 is 0 Å². The summed E-state index contributed by atoms with van der Waals surface area (Å²) in [5.74, 6) is 0. The maximum absolute atomic E-state index is 11.2. The van der Waals surface area contributed by atoms with Crippen LogP contribution < -0.4 is 0 Å². The van der Waals surface area contributed by atoms with Gasteiger partial charge in [0.2, 0.25) is 0 Å². The smallest absolute Gasteiger partial charge is 0.175 e. The van der Waals surface area contributed by atoms with Gasteiger partial charge in [-0.2, -0.15) is 0 Å². The molecule has 0 aromatic heterocycles. The van der Waals surface area contributed by atoms with Gasteiger partial charge in [-0.25, -0.2) is 8.42 Å². The Hall–Kier alpha value is -1.13. The van der Waals surface area contributed by atoms with Crippen molar-refractivity contribution in [2.75, 3.05) is 12.9 Å². The van der Waals surface area contributed by atoms with Crippen LogP contribution in [0.15, 0.2) is 35.7 Å². The number of hydrogen-bond acceptors (Lipinski definition) is 3. The molecule has 0 unspecified atom stereocenters. The lowest BCUT2D eigenvalue weighted by Crippen LogP contribution is -1.98. The topological polar surface area (TPSA) is 54.4 Å². The van der Waals surface area contributed by atoms with Crippen LogP contribution in [0, 0.1) is 0 Å². The normalized spacial score (nSPS) is 11.3. The predicted molar refractivity (Wildman–Crippen MR) is 55.7 cm³/mol. The average Bonchev–Trinajstić information content (AvgIpc) is 2.15. The monoisotopic (exact) mass is 212 g/mol. The van der Waals surface area contributed by atoms with Gasteiger partial charge in [-0.3, -0.25) is 0 Å². The Bertz CT molecular complexity index is 446. The fourth-order valence-corrected chi connectivity index (χ4v) is 1.70. The van der Waals surface area contributed by atoms with Crippen LogP contribution in [0.3, 0.4) is 0 Å². The van der Waals surface area contributed by atoms with Gasteiger partial charge in [0.1, 0.15) is 0 Å². The fourth-order valence-electron chi connectivity index (χ4n) is 1.04. The van der Waals surface area contributed by atoms with Crippen molar-refractivity contribution < 1.29 is 13.5 Å². The number of rotatable bonds is 3. The van der Waals surface area contributed by atoms with Crippen molar-refractivity contribution >= 4 is 15.4 Å². The molecule has 0 aliphatic rings. The first-order valence-corrected chi connectivity index (χ1v) is 5.93. The molecule has 1 aromatic rings. The highest BCUT2D eigenvalue weighted by molar-refractivity contribution is 7.90. The van der Waals surface area contributed by atoms with E-state index < -0.39 is 9.84 Å². The Morgan fingerprint density at radius 3 is 2.64 bits per heavy atom. The summed E-state index contributed by atoms with van der Waals surface area (Å²) in [6.07, 6.45) is 1.15. The summed E-state index contributed by atoms with van der Waals surface area (Å²) in [4.78, 5) is 0.240. The molecule has 0 atom stereocenters. The van der Waals surface area contributed by atoms with Crippen LogP contribution in [0.5, 0.6) is 0 Å². The van der Waals surface area contributed by atoms with Gasteiger partial charge in [-0.05, 0) is 23.3 Å². The van der Waals surface area contributed by atoms with Gasteiger partial charge in [0.25, 0.3) is 0 Å². The lowest BCUT2D eigenvalue weighted by molar-refractivity contribution is 0.350. The molecule has 0 fully saturated rings. The van der Waals surface area contributed by atoms with Crippen molar-refractivity contribution in [3.63, 3.8) is 0 Å². The fraction of sp³-hybridized carbons (Fsp3) is 0.200. The molecule has 4 heteroatoms. The van der Waals surface area contributed by atoms with Crippen LogP contribution in [0.1, 0.15) is 5.56 Å². The summed E-state index contributed by atoms with van der Waals surface area (Å²) in [5, 5.41) is 8.83. The molecule has 0 heterocycles. The summed E-state index contributed by atoms with van der Waals surface area (Å²) in [6.45, 7) is 3.45. The van der Waals surface area contributed by atoms with Crippen molar-refractivity contribution in [2.45, 2.75) is 4.90 Å². The van der Waals surface area contributed by atoms with E-state index in [2.05, 4.69) is 6.58 Å². The Balaban J connectivity index is 3.21. The molecule has 1 N–H and O–H groups in total. The first-order chi connectivity index (χ1) is 6.45. The summed E-state index contributed by atoms with van der Waals surface area (Å²) >= 11 is 0. The van der Waals surface area contributed by atoms with E-state index in [4.69, 9.17) is 5.11 Å². The first kappa shape index (κ1) is 10.9. The van der Waals surface area contributed by atoms with Crippen molar-refractivity contribution in [3.8, 4) is 0 Å². The van der Waals surface area contributed by atoms with Crippen LogP contribution >= 0.6 is 0 Å². The quantitative estimate of drug-likeness (QED) is 0.816.